The Kier molecular flexibility index (Phi) is 6.74. The van der Waals surface area contributed by atoms with Gasteiger partial charge in [-0.25, -0.2) is 0 Å². The Bertz CT molecular complexity index is 783. The molecule has 1 saturated carbocycles. The zero-order valence-electron chi connectivity index (χ0n) is 18.0. The monoisotopic (exact) mass is 435 g/mol. The van der Waals surface area contributed by atoms with E-state index in [9.17, 15) is 18.4 Å². The van der Waals surface area contributed by atoms with Crippen LogP contribution in [0.4, 0.5) is 8.78 Å². The first kappa shape index (κ1) is 22.0. The Labute approximate surface area is 182 Å². The Morgan fingerprint density at radius 2 is 1.84 bits per heavy atom. The summed E-state index contributed by atoms with van der Waals surface area (Å²) in [5, 5.41) is 0. The molecule has 1 aromatic carbocycles. The van der Waals surface area contributed by atoms with Crippen molar-refractivity contribution in [3.8, 4) is 5.75 Å². The quantitative estimate of drug-likeness (QED) is 0.658. The number of rotatable bonds is 7. The summed E-state index contributed by atoms with van der Waals surface area (Å²) in [6, 6.07) is 6.16. The van der Waals surface area contributed by atoms with E-state index in [2.05, 4.69) is 9.64 Å². The third-order valence-electron chi connectivity index (χ3n) is 6.93. The molecule has 3 aliphatic rings. The van der Waals surface area contributed by atoms with Crippen LogP contribution in [0, 0.1) is 5.92 Å². The molecule has 2 heterocycles. The molecule has 0 spiro atoms. The lowest BCUT2D eigenvalue weighted by molar-refractivity contribution is -0.169. The number of hydrogen-bond donors (Lipinski definition) is 0. The topological polar surface area (TPSA) is 53.1 Å². The van der Waals surface area contributed by atoms with E-state index in [4.69, 9.17) is 0 Å². The second-order valence-corrected chi connectivity index (χ2v) is 8.92. The zero-order chi connectivity index (χ0) is 22.0. The van der Waals surface area contributed by atoms with Gasteiger partial charge in [-0.2, -0.15) is 8.78 Å². The van der Waals surface area contributed by atoms with Crippen molar-refractivity contribution in [1.29, 1.82) is 0 Å². The molecule has 1 aliphatic carbocycles. The summed E-state index contributed by atoms with van der Waals surface area (Å²) in [7, 11) is 0. The molecule has 0 radical (unpaired) electrons. The van der Waals surface area contributed by atoms with E-state index in [1.54, 1.807) is 17.0 Å². The second-order valence-electron chi connectivity index (χ2n) is 8.92. The van der Waals surface area contributed by atoms with Gasteiger partial charge in [0.25, 0.3) is 0 Å². The van der Waals surface area contributed by atoms with Gasteiger partial charge in [0.15, 0.2) is 0 Å². The van der Waals surface area contributed by atoms with Crippen LogP contribution >= 0.6 is 0 Å². The average molecular weight is 436 g/mol. The van der Waals surface area contributed by atoms with Crippen molar-refractivity contribution in [1.82, 2.24) is 14.7 Å². The standard InChI is InChI=1S/C23H31F2N3O3/c1-16-22(30)27(12-10-17-4-2-3-5-17)15-20-26(13-11-21(29)28(16)20)14-18-6-8-19(9-7-18)31-23(24)25/h6-9,16-17,20,23H,2-5,10-15H2,1H3. The highest BCUT2D eigenvalue weighted by Crippen LogP contribution is 2.30. The van der Waals surface area contributed by atoms with Gasteiger partial charge >= 0.3 is 6.61 Å². The molecule has 1 aromatic rings. The van der Waals surface area contributed by atoms with Crippen LogP contribution in [0.15, 0.2) is 24.3 Å². The van der Waals surface area contributed by atoms with Gasteiger partial charge in [-0.05, 0) is 37.0 Å². The second kappa shape index (κ2) is 9.51. The Morgan fingerprint density at radius 1 is 1.13 bits per heavy atom. The maximum absolute atomic E-state index is 13.0. The van der Waals surface area contributed by atoms with Gasteiger partial charge in [-0.1, -0.05) is 37.8 Å². The number of benzene rings is 1. The van der Waals surface area contributed by atoms with Crippen LogP contribution in [0.3, 0.4) is 0 Å². The molecular formula is C23H31F2N3O3. The predicted octanol–water partition coefficient (Wildman–Crippen LogP) is 3.46. The average Bonchev–Trinajstić information content (AvgIpc) is 3.26. The highest BCUT2D eigenvalue weighted by Gasteiger charge is 2.45. The smallest absolute Gasteiger partial charge is 0.387 e. The molecule has 2 unspecified atom stereocenters. The molecule has 0 aromatic heterocycles. The van der Waals surface area contributed by atoms with Gasteiger partial charge in [0.1, 0.15) is 18.0 Å². The van der Waals surface area contributed by atoms with Crippen molar-refractivity contribution in [2.24, 2.45) is 5.92 Å². The van der Waals surface area contributed by atoms with Gasteiger partial charge in [0, 0.05) is 26.1 Å². The van der Waals surface area contributed by atoms with Crippen LogP contribution in [-0.4, -0.2) is 65.0 Å². The molecule has 0 bridgehead atoms. The summed E-state index contributed by atoms with van der Waals surface area (Å²) < 4.78 is 29.2. The summed E-state index contributed by atoms with van der Waals surface area (Å²) in [5.74, 6) is 0.902. The van der Waals surface area contributed by atoms with E-state index in [1.165, 1.54) is 37.8 Å². The summed E-state index contributed by atoms with van der Waals surface area (Å²) in [5.41, 5.74) is 0.956. The number of fused-ring (bicyclic) bond motifs is 1. The Morgan fingerprint density at radius 3 is 2.52 bits per heavy atom. The van der Waals surface area contributed by atoms with Crippen LogP contribution in [0.25, 0.3) is 0 Å². The molecule has 4 rings (SSSR count). The third kappa shape index (κ3) is 5.00. The SMILES string of the molecule is CC1C(=O)N(CCC2CCCC2)CC2N(Cc3ccc(OC(F)F)cc3)CCC(=O)N12. The van der Waals surface area contributed by atoms with Gasteiger partial charge < -0.3 is 14.5 Å². The maximum Gasteiger partial charge on any atom is 0.387 e. The van der Waals surface area contributed by atoms with E-state index >= 15 is 0 Å². The maximum atomic E-state index is 13.0. The minimum absolute atomic E-state index is 0.0261. The molecule has 3 fully saturated rings. The molecule has 2 saturated heterocycles. The molecule has 6 nitrogen and oxygen atoms in total. The van der Waals surface area contributed by atoms with E-state index in [-0.39, 0.29) is 23.7 Å². The molecule has 8 heteroatoms. The van der Waals surface area contributed by atoms with Crippen molar-refractivity contribution in [3.05, 3.63) is 29.8 Å². The number of amides is 2. The summed E-state index contributed by atoms with van der Waals surface area (Å²) in [6.07, 6.45) is 6.33. The molecular weight excluding hydrogens is 404 g/mol. The van der Waals surface area contributed by atoms with Crippen molar-refractivity contribution in [3.63, 3.8) is 0 Å². The van der Waals surface area contributed by atoms with Crippen LogP contribution in [0.2, 0.25) is 0 Å². The van der Waals surface area contributed by atoms with Crippen molar-refractivity contribution < 1.29 is 23.1 Å². The molecule has 2 aliphatic heterocycles. The van der Waals surface area contributed by atoms with Crippen molar-refractivity contribution >= 4 is 11.8 Å². The summed E-state index contributed by atoms with van der Waals surface area (Å²) in [4.78, 5) is 31.5. The molecule has 2 amide bonds. The fraction of sp³-hybridized carbons (Fsp3) is 0.652. The first-order chi connectivity index (χ1) is 14.9. The molecule has 31 heavy (non-hydrogen) atoms. The molecule has 170 valence electrons. The van der Waals surface area contributed by atoms with Crippen LogP contribution in [-0.2, 0) is 16.1 Å². The van der Waals surface area contributed by atoms with E-state index in [0.717, 1.165) is 18.5 Å². The first-order valence-corrected chi connectivity index (χ1v) is 11.3. The third-order valence-corrected chi connectivity index (χ3v) is 6.93. The number of piperazine rings is 1. The van der Waals surface area contributed by atoms with E-state index in [0.29, 0.717) is 32.0 Å². The highest BCUT2D eigenvalue weighted by atomic mass is 19.3. The van der Waals surface area contributed by atoms with Crippen molar-refractivity contribution in [2.75, 3.05) is 19.6 Å². The largest absolute Gasteiger partial charge is 0.435 e. The number of alkyl halides is 2. The van der Waals surface area contributed by atoms with Gasteiger partial charge in [0.2, 0.25) is 11.8 Å². The number of carbonyl (C=O) groups is 2. The van der Waals surface area contributed by atoms with Crippen LogP contribution < -0.4 is 4.74 Å². The minimum Gasteiger partial charge on any atom is -0.435 e. The number of carbonyl (C=O) groups excluding carboxylic acids is 2. The fourth-order valence-electron chi connectivity index (χ4n) is 5.24. The number of nitrogens with zero attached hydrogens (tertiary/aromatic N) is 3. The van der Waals surface area contributed by atoms with Crippen molar-refractivity contribution in [2.45, 2.75) is 70.8 Å². The van der Waals surface area contributed by atoms with E-state index in [1.807, 2.05) is 11.8 Å². The molecule has 0 N–H and O–H groups in total. The lowest BCUT2D eigenvalue weighted by atomic mass is 10.0. The lowest BCUT2D eigenvalue weighted by Gasteiger charge is -2.51. The van der Waals surface area contributed by atoms with Gasteiger partial charge in [0.05, 0.1) is 6.54 Å². The first-order valence-electron chi connectivity index (χ1n) is 11.3. The predicted molar refractivity (Wildman–Crippen MR) is 111 cm³/mol. The fourth-order valence-corrected chi connectivity index (χ4v) is 5.24. The Balaban J connectivity index is 1.44. The summed E-state index contributed by atoms with van der Waals surface area (Å²) >= 11 is 0. The number of ether oxygens (including phenoxy) is 1. The van der Waals surface area contributed by atoms with Gasteiger partial charge in [-0.3, -0.25) is 14.5 Å². The molecule has 2 atom stereocenters. The lowest BCUT2D eigenvalue weighted by Crippen LogP contribution is -2.69. The highest BCUT2D eigenvalue weighted by molar-refractivity contribution is 5.89. The zero-order valence-corrected chi connectivity index (χ0v) is 18.0. The van der Waals surface area contributed by atoms with Gasteiger partial charge in [-0.15, -0.1) is 0 Å². The summed E-state index contributed by atoms with van der Waals surface area (Å²) in [6.45, 7) is 1.46. The Hall–Kier alpha value is -2.22. The van der Waals surface area contributed by atoms with Crippen LogP contribution in [0.5, 0.6) is 5.75 Å². The number of hydrogen-bond acceptors (Lipinski definition) is 4. The van der Waals surface area contributed by atoms with E-state index < -0.39 is 12.7 Å². The number of halogens is 2. The minimum atomic E-state index is -2.84. The normalized spacial score (nSPS) is 25.4. The van der Waals surface area contributed by atoms with Crippen LogP contribution in [0.1, 0.15) is 51.0 Å².